The van der Waals surface area contributed by atoms with E-state index in [2.05, 4.69) is 15.0 Å². The Bertz CT molecular complexity index is 784. The number of amides is 1. The lowest BCUT2D eigenvalue weighted by Gasteiger charge is -2.28. The van der Waals surface area contributed by atoms with E-state index in [4.69, 9.17) is 0 Å². The molecule has 0 saturated heterocycles. The molecule has 0 spiro atoms. The number of ether oxygens (including phenoxy) is 1. The van der Waals surface area contributed by atoms with E-state index in [1.54, 1.807) is 12.3 Å². The molecule has 26 heavy (non-hydrogen) atoms. The first-order valence-electron chi connectivity index (χ1n) is 8.11. The minimum absolute atomic E-state index is 0.0973. The Kier molecular flexibility index (Phi) is 6.38. The van der Waals surface area contributed by atoms with Gasteiger partial charge in [-0.3, -0.25) is 9.78 Å². The maximum absolute atomic E-state index is 14.2. The first-order valence-corrected chi connectivity index (χ1v) is 8.11. The molecule has 2 aromatic rings. The van der Waals surface area contributed by atoms with Gasteiger partial charge >= 0.3 is 5.97 Å². The molecule has 1 unspecified atom stereocenters. The van der Waals surface area contributed by atoms with Crippen LogP contribution in [-0.4, -0.2) is 24.0 Å². The molecule has 0 saturated carbocycles. The molecule has 2 rings (SSSR count). The Hall–Kier alpha value is -2.83. The molecular formula is C19H20F2N2O3. The Morgan fingerprint density at radius 2 is 2.00 bits per heavy atom. The van der Waals surface area contributed by atoms with Crippen molar-refractivity contribution in [2.24, 2.45) is 0 Å². The number of aryl methyl sites for hydroxylation is 1. The fourth-order valence-electron chi connectivity index (χ4n) is 2.63. The molecule has 0 aliphatic rings. The van der Waals surface area contributed by atoms with Gasteiger partial charge in [-0.25, -0.2) is 13.6 Å². The summed E-state index contributed by atoms with van der Waals surface area (Å²) in [7, 11) is 1.12. The lowest BCUT2D eigenvalue weighted by atomic mass is 9.91. The topological polar surface area (TPSA) is 68.3 Å². The minimum Gasteiger partial charge on any atom is -0.467 e. The van der Waals surface area contributed by atoms with Gasteiger partial charge in [-0.1, -0.05) is 6.07 Å². The number of nitrogens with zero attached hydrogens (tertiary/aromatic N) is 1. The number of methoxy groups -OCH3 is 1. The van der Waals surface area contributed by atoms with Crippen molar-refractivity contribution in [1.82, 2.24) is 10.3 Å². The third-order valence-corrected chi connectivity index (χ3v) is 4.01. The summed E-state index contributed by atoms with van der Waals surface area (Å²) in [5.74, 6) is -2.90. The van der Waals surface area contributed by atoms with Gasteiger partial charge in [-0.15, -0.1) is 0 Å². The highest BCUT2D eigenvalue weighted by molar-refractivity contribution is 5.88. The second-order valence-corrected chi connectivity index (χ2v) is 5.96. The first kappa shape index (κ1) is 19.5. The molecule has 1 atom stereocenters. The van der Waals surface area contributed by atoms with Crippen LogP contribution in [0.3, 0.4) is 0 Å². The zero-order valence-corrected chi connectivity index (χ0v) is 14.6. The van der Waals surface area contributed by atoms with Gasteiger partial charge < -0.3 is 10.1 Å². The number of carbonyl (C=O) groups excluding carboxylic acids is 2. The molecule has 138 valence electrons. The molecule has 5 nitrogen and oxygen atoms in total. The Morgan fingerprint density at radius 1 is 1.23 bits per heavy atom. The number of hydrogen-bond acceptors (Lipinski definition) is 4. The van der Waals surface area contributed by atoms with Crippen molar-refractivity contribution in [3.05, 3.63) is 65.5 Å². The summed E-state index contributed by atoms with van der Waals surface area (Å²) >= 11 is 0. The second-order valence-electron chi connectivity index (χ2n) is 5.96. The third kappa shape index (κ3) is 4.62. The molecule has 0 aliphatic carbocycles. The molecule has 1 amide bonds. The number of benzene rings is 1. The van der Waals surface area contributed by atoms with E-state index < -0.39 is 29.0 Å². The van der Waals surface area contributed by atoms with Gasteiger partial charge in [0, 0.05) is 23.9 Å². The maximum atomic E-state index is 14.2. The number of rotatable bonds is 7. The number of aromatic nitrogens is 1. The summed E-state index contributed by atoms with van der Waals surface area (Å²) in [4.78, 5) is 28.6. The molecular weight excluding hydrogens is 342 g/mol. The summed E-state index contributed by atoms with van der Waals surface area (Å²) in [6, 6.07) is 8.21. The van der Waals surface area contributed by atoms with Gasteiger partial charge in [0.15, 0.2) is 5.54 Å². The van der Waals surface area contributed by atoms with Crippen molar-refractivity contribution in [2.75, 3.05) is 7.11 Å². The van der Waals surface area contributed by atoms with E-state index in [0.717, 1.165) is 31.0 Å². The zero-order valence-electron chi connectivity index (χ0n) is 14.6. The summed E-state index contributed by atoms with van der Waals surface area (Å²) < 4.78 is 32.4. The molecule has 1 N–H and O–H groups in total. The minimum atomic E-state index is -1.83. The number of halogens is 2. The van der Waals surface area contributed by atoms with E-state index >= 15 is 0 Å². The molecule has 1 aromatic heterocycles. The molecule has 0 radical (unpaired) electrons. The monoisotopic (exact) mass is 362 g/mol. The highest BCUT2D eigenvalue weighted by atomic mass is 19.1. The highest BCUT2D eigenvalue weighted by Crippen LogP contribution is 2.26. The molecule has 1 heterocycles. The van der Waals surface area contributed by atoms with Crippen molar-refractivity contribution in [3.8, 4) is 0 Å². The summed E-state index contributed by atoms with van der Waals surface area (Å²) in [6.07, 6.45) is 2.83. The van der Waals surface area contributed by atoms with Gasteiger partial charge in [0.05, 0.1) is 7.11 Å². The average molecular weight is 362 g/mol. The quantitative estimate of drug-likeness (QED) is 0.769. The normalized spacial score (nSPS) is 12.9. The predicted molar refractivity (Wildman–Crippen MR) is 91.0 cm³/mol. The fraction of sp³-hybridized carbons (Fsp3) is 0.316. The van der Waals surface area contributed by atoms with Crippen molar-refractivity contribution in [2.45, 2.75) is 31.7 Å². The van der Waals surface area contributed by atoms with E-state index in [0.29, 0.717) is 12.8 Å². The molecule has 0 aliphatic heterocycles. The van der Waals surface area contributed by atoms with E-state index in [1.807, 2.05) is 12.1 Å². The number of carbonyl (C=O) groups is 2. The number of pyridine rings is 1. The first-order chi connectivity index (χ1) is 12.4. The second kappa shape index (κ2) is 8.51. The van der Waals surface area contributed by atoms with E-state index in [1.165, 1.54) is 6.92 Å². The molecule has 0 fully saturated rings. The van der Waals surface area contributed by atoms with Gasteiger partial charge in [0.1, 0.15) is 11.6 Å². The van der Waals surface area contributed by atoms with Crippen LogP contribution in [0.2, 0.25) is 0 Å². The van der Waals surface area contributed by atoms with E-state index in [9.17, 15) is 18.4 Å². The van der Waals surface area contributed by atoms with Crippen molar-refractivity contribution >= 4 is 11.9 Å². The fourth-order valence-corrected chi connectivity index (χ4v) is 2.63. The number of nitrogens with one attached hydrogen (secondary N) is 1. The van der Waals surface area contributed by atoms with Crippen molar-refractivity contribution in [3.63, 3.8) is 0 Å². The van der Waals surface area contributed by atoms with Gasteiger partial charge in [0.25, 0.3) is 0 Å². The van der Waals surface area contributed by atoms with Crippen LogP contribution in [0, 0.1) is 11.6 Å². The van der Waals surface area contributed by atoms with Crippen LogP contribution in [0.5, 0.6) is 0 Å². The average Bonchev–Trinajstić information content (AvgIpc) is 2.63. The van der Waals surface area contributed by atoms with Crippen molar-refractivity contribution in [1.29, 1.82) is 0 Å². The van der Waals surface area contributed by atoms with Gasteiger partial charge in [-0.05, 0) is 50.1 Å². The smallest absolute Gasteiger partial charge is 0.336 e. The van der Waals surface area contributed by atoms with Gasteiger partial charge in [-0.2, -0.15) is 0 Å². The van der Waals surface area contributed by atoms with Crippen LogP contribution in [0.4, 0.5) is 8.78 Å². The van der Waals surface area contributed by atoms with E-state index in [-0.39, 0.29) is 12.0 Å². The van der Waals surface area contributed by atoms with Gasteiger partial charge in [0.2, 0.25) is 5.91 Å². The molecule has 7 heteroatoms. The predicted octanol–water partition coefficient (Wildman–Crippen LogP) is 2.89. The Morgan fingerprint density at radius 3 is 2.65 bits per heavy atom. The Labute approximate surface area is 150 Å². The number of esters is 1. The third-order valence-electron chi connectivity index (χ3n) is 4.01. The maximum Gasteiger partial charge on any atom is 0.336 e. The standard InChI is InChI=1S/C19H20F2N2O3/c1-19(18(25)26-2,15-12-13(20)9-10-16(15)21)23-17(24)8-5-7-14-6-3-4-11-22-14/h3-4,6,9-12H,5,7-8H2,1-2H3,(H,23,24). The number of hydrogen-bond donors (Lipinski definition) is 1. The van der Waals surface area contributed by atoms with Crippen LogP contribution in [0.1, 0.15) is 31.0 Å². The lowest BCUT2D eigenvalue weighted by molar-refractivity contribution is -0.150. The molecule has 0 bridgehead atoms. The summed E-state index contributed by atoms with van der Waals surface area (Å²) in [6.45, 7) is 1.29. The van der Waals surface area contributed by atoms with Crippen LogP contribution in [0.25, 0.3) is 0 Å². The van der Waals surface area contributed by atoms with Crippen LogP contribution >= 0.6 is 0 Å². The van der Waals surface area contributed by atoms with Crippen molar-refractivity contribution < 1.29 is 23.1 Å². The SMILES string of the molecule is COC(=O)C(C)(NC(=O)CCCc1ccccn1)c1cc(F)ccc1F. The largest absolute Gasteiger partial charge is 0.467 e. The molecule has 1 aromatic carbocycles. The Balaban J connectivity index is 2.11. The van der Waals surface area contributed by atoms with Crippen LogP contribution < -0.4 is 5.32 Å². The highest BCUT2D eigenvalue weighted by Gasteiger charge is 2.40. The zero-order chi connectivity index (χ0) is 19.2. The summed E-state index contributed by atoms with van der Waals surface area (Å²) in [5.41, 5.74) is -1.28. The van der Waals surface area contributed by atoms with Crippen LogP contribution in [-0.2, 0) is 26.3 Å². The lowest BCUT2D eigenvalue weighted by Crippen LogP contribution is -2.50. The van der Waals surface area contributed by atoms with Crippen LogP contribution in [0.15, 0.2) is 42.6 Å². The summed E-state index contributed by atoms with van der Waals surface area (Å²) in [5, 5.41) is 2.47.